The van der Waals surface area contributed by atoms with Gasteiger partial charge in [0.05, 0.1) is 6.54 Å². The average molecular weight is 237 g/mol. The maximum Gasteiger partial charge on any atom is 0.117 e. The summed E-state index contributed by atoms with van der Waals surface area (Å²) in [6.07, 6.45) is 3.11. The van der Waals surface area contributed by atoms with Gasteiger partial charge in [-0.15, -0.1) is 0 Å². The van der Waals surface area contributed by atoms with Crippen LogP contribution >= 0.6 is 0 Å². The number of hydrogen-bond donors (Lipinski definition) is 2. The van der Waals surface area contributed by atoms with Gasteiger partial charge in [-0.25, -0.2) is 0 Å². The summed E-state index contributed by atoms with van der Waals surface area (Å²) in [5.74, 6) is 3.60. The summed E-state index contributed by atoms with van der Waals surface area (Å²) in [5.41, 5.74) is 0. The minimum Gasteiger partial charge on any atom is -0.464 e. The van der Waals surface area contributed by atoms with E-state index >= 15 is 0 Å². The fraction of sp³-hybridized carbons (Fsp3) is 0.714. The van der Waals surface area contributed by atoms with E-state index in [9.17, 15) is 0 Å². The van der Waals surface area contributed by atoms with E-state index in [1.54, 1.807) is 0 Å². The van der Waals surface area contributed by atoms with Gasteiger partial charge in [0.2, 0.25) is 0 Å². The quantitative estimate of drug-likeness (QED) is 0.766. The van der Waals surface area contributed by atoms with E-state index in [1.807, 2.05) is 0 Å². The molecular weight excluding hydrogens is 214 g/mol. The Morgan fingerprint density at radius 3 is 2.88 bits per heavy atom. The maximum atomic E-state index is 8.92. The summed E-state index contributed by atoms with van der Waals surface area (Å²) in [6, 6.07) is 4.56. The van der Waals surface area contributed by atoms with Gasteiger partial charge in [-0.1, -0.05) is 13.8 Å². The molecule has 0 aliphatic heterocycles. The van der Waals surface area contributed by atoms with E-state index in [0.29, 0.717) is 12.0 Å². The standard InChI is InChI=1S/C14H23NO2/c1-3-11(6-7-16)15-9-12-4-5-14(17-12)13-8-10(13)2/h4-5,10-11,13,15-16H,3,6-9H2,1-2H3. The van der Waals surface area contributed by atoms with Crippen molar-refractivity contribution in [2.45, 2.75) is 51.6 Å². The third-order valence-corrected chi connectivity index (χ3v) is 3.69. The third kappa shape index (κ3) is 3.33. The molecule has 1 saturated carbocycles. The van der Waals surface area contributed by atoms with Crippen LogP contribution in [-0.2, 0) is 6.54 Å². The van der Waals surface area contributed by atoms with Crippen LogP contribution in [0.1, 0.15) is 50.5 Å². The highest BCUT2D eigenvalue weighted by Gasteiger charge is 2.36. The minimum atomic E-state index is 0.245. The van der Waals surface area contributed by atoms with Gasteiger partial charge in [-0.05, 0) is 37.3 Å². The van der Waals surface area contributed by atoms with Crippen LogP contribution in [0.2, 0.25) is 0 Å². The molecule has 3 atom stereocenters. The van der Waals surface area contributed by atoms with Crippen LogP contribution in [-0.4, -0.2) is 17.8 Å². The molecule has 3 nitrogen and oxygen atoms in total. The van der Waals surface area contributed by atoms with Gasteiger partial charge in [0.25, 0.3) is 0 Å². The number of furan rings is 1. The molecule has 1 aliphatic carbocycles. The highest BCUT2D eigenvalue weighted by Crippen LogP contribution is 2.47. The van der Waals surface area contributed by atoms with E-state index in [2.05, 4.69) is 31.3 Å². The normalized spacial score (nSPS) is 24.9. The predicted molar refractivity (Wildman–Crippen MR) is 67.9 cm³/mol. The summed E-state index contributed by atoms with van der Waals surface area (Å²) >= 11 is 0. The van der Waals surface area contributed by atoms with Crippen molar-refractivity contribution < 1.29 is 9.52 Å². The van der Waals surface area contributed by atoms with Gasteiger partial charge in [0.15, 0.2) is 0 Å². The first kappa shape index (κ1) is 12.7. The smallest absolute Gasteiger partial charge is 0.117 e. The maximum absolute atomic E-state index is 8.92. The monoisotopic (exact) mass is 237 g/mol. The largest absolute Gasteiger partial charge is 0.464 e. The zero-order chi connectivity index (χ0) is 12.3. The van der Waals surface area contributed by atoms with Gasteiger partial charge in [0.1, 0.15) is 11.5 Å². The zero-order valence-electron chi connectivity index (χ0n) is 10.8. The van der Waals surface area contributed by atoms with Gasteiger partial charge in [-0.3, -0.25) is 0 Å². The molecule has 3 heteroatoms. The second-order valence-electron chi connectivity index (χ2n) is 5.12. The van der Waals surface area contributed by atoms with Crippen LogP contribution in [0.25, 0.3) is 0 Å². The number of aliphatic hydroxyl groups excluding tert-OH is 1. The molecule has 1 aromatic rings. The molecule has 1 fully saturated rings. The number of rotatable bonds is 7. The van der Waals surface area contributed by atoms with Crippen molar-refractivity contribution in [3.63, 3.8) is 0 Å². The molecule has 0 aromatic carbocycles. The Kier molecular flexibility index (Phi) is 4.24. The predicted octanol–water partition coefficient (Wildman–Crippen LogP) is 2.65. The summed E-state index contributed by atoms with van der Waals surface area (Å²) in [6.45, 7) is 5.40. The van der Waals surface area contributed by atoms with Crippen LogP contribution in [0.4, 0.5) is 0 Å². The van der Waals surface area contributed by atoms with Gasteiger partial charge in [-0.2, -0.15) is 0 Å². The Labute approximate surface area is 103 Å². The first-order chi connectivity index (χ1) is 8.24. The van der Waals surface area contributed by atoms with Crippen molar-refractivity contribution in [1.29, 1.82) is 0 Å². The first-order valence-corrected chi connectivity index (χ1v) is 6.67. The summed E-state index contributed by atoms with van der Waals surface area (Å²) < 4.78 is 5.83. The number of nitrogens with one attached hydrogen (secondary N) is 1. The van der Waals surface area contributed by atoms with Crippen LogP contribution < -0.4 is 5.32 Å². The average Bonchev–Trinajstić information content (AvgIpc) is 2.89. The van der Waals surface area contributed by atoms with E-state index in [4.69, 9.17) is 9.52 Å². The Hall–Kier alpha value is -0.800. The molecular formula is C14H23NO2. The molecule has 0 bridgehead atoms. The molecule has 96 valence electrons. The molecule has 2 N–H and O–H groups in total. The van der Waals surface area contributed by atoms with Crippen molar-refractivity contribution >= 4 is 0 Å². The number of aliphatic hydroxyl groups is 1. The first-order valence-electron chi connectivity index (χ1n) is 6.67. The van der Waals surface area contributed by atoms with Crippen molar-refractivity contribution in [3.05, 3.63) is 23.7 Å². The Morgan fingerprint density at radius 2 is 2.29 bits per heavy atom. The summed E-state index contributed by atoms with van der Waals surface area (Å²) in [5, 5.41) is 12.3. The molecule has 3 unspecified atom stereocenters. The third-order valence-electron chi connectivity index (χ3n) is 3.69. The SMILES string of the molecule is CCC(CCO)NCc1ccc(C2CC2C)o1. The van der Waals surface area contributed by atoms with Crippen LogP contribution in [0, 0.1) is 5.92 Å². The molecule has 0 amide bonds. The molecule has 1 aliphatic rings. The van der Waals surface area contributed by atoms with Crippen molar-refractivity contribution in [2.75, 3.05) is 6.61 Å². The Balaban J connectivity index is 1.80. The summed E-state index contributed by atoms with van der Waals surface area (Å²) in [4.78, 5) is 0. The molecule has 0 spiro atoms. The number of hydrogen-bond acceptors (Lipinski definition) is 3. The molecule has 0 saturated heterocycles. The highest BCUT2D eigenvalue weighted by molar-refractivity contribution is 5.17. The Morgan fingerprint density at radius 1 is 1.53 bits per heavy atom. The lowest BCUT2D eigenvalue weighted by atomic mass is 10.1. The van der Waals surface area contributed by atoms with Crippen molar-refractivity contribution in [1.82, 2.24) is 5.32 Å². The van der Waals surface area contributed by atoms with Crippen LogP contribution in [0.3, 0.4) is 0 Å². The van der Waals surface area contributed by atoms with E-state index in [-0.39, 0.29) is 6.61 Å². The highest BCUT2D eigenvalue weighted by atomic mass is 16.3. The lowest BCUT2D eigenvalue weighted by molar-refractivity contribution is 0.260. The lowest BCUT2D eigenvalue weighted by Gasteiger charge is -2.14. The van der Waals surface area contributed by atoms with Crippen LogP contribution in [0.15, 0.2) is 16.5 Å². The second kappa shape index (κ2) is 5.69. The van der Waals surface area contributed by atoms with Gasteiger partial charge < -0.3 is 14.8 Å². The minimum absolute atomic E-state index is 0.245. The van der Waals surface area contributed by atoms with E-state index in [1.165, 1.54) is 6.42 Å². The fourth-order valence-electron chi connectivity index (χ4n) is 2.26. The molecule has 0 radical (unpaired) electrons. The van der Waals surface area contributed by atoms with Crippen molar-refractivity contribution in [2.24, 2.45) is 5.92 Å². The molecule has 2 rings (SSSR count). The topological polar surface area (TPSA) is 45.4 Å². The van der Waals surface area contributed by atoms with E-state index in [0.717, 1.165) is 36.8 Å². The van der Waals surface area contributed by atoms with Gasteiger partial charge in [0, 0.05) is 18.6 Å². The Bertz CT molecular complexity index is 348. The zero-order valence-corrected chi connectivity index (χ0v) is 10.8. The molecule has 1 aromatic heterocycles. The fourth-order valence-corrected chi connectivity index (χ4v) is 2.26. The van der Waals surface area contributed by atoms with Crippen LogP contribution in [0.5, 0.6) is 0 Å². The summed E-state index contributed by atoms with van der Waals surface area (Å²) in [7, 11) is 0. The van der Waals surface area contributed by atoms with Crippen molar-refractivity contribution in [3.8, 4) is 0 Å². The molecule has 17 heavy (non-hydrogen) atoms. The van der Waals surface area contributed by atoms with E-state index < -0.39 is 0 Å². The van der Waals surface area contributed by atoms with Gasteiger partial charge >= 0.3 is 0 Å². The lowest BCUT2D eigenvalue weighted by Crippen LogP contribution is -2.28. The molecule has 1 heterocycles. The second-order valence-corrected chi connectivity index (χ2v) is 5.12.